The fourth-order valence-corrected chi connectivity index (χ4v) is 3.37. The lowest BCUT2D eigenvalue weighted by Gasteiger charge is -2.31. The van der Waals surface area contributed by atoms with Gasteiger partial charge in [0.1, 0.15) is 5.82 Å². The van der Waals surface area contributed by atoms with Gasteiger partial charge in [0, 0.05) is 31.2 Å². The Morgan fingerprint density at radius 2 is 1.79 bits per heavy atom. The molecule has 0 radical (unpaired) electrons. The highest BCUT2D eigenvalue weighted by atomic mass is 19.1. The van der Waals surface area contributed by atoms with Crippen molar-refractivity contribution in [3.05, 3.63) is 78.1 Å². The molecule has 4 rings (SSSR count). The largest absolute Gasteiger partial charge is 0.439 e. The molecule has 1 aliphatic rings. The van der Waals surface area contributed by atoms with E-state index in [1.807, 2.05) is 6.07 Å². The Labute approximate surface area is 164 Å². The predicted octanol–water partition coefficient (Wildman–Crippen LogP) is 3.64. The van der Waals surface area contributed by atoms with Gasteiger partial charge in [-0.3, -0.25) is 4.90 Å². The van der Waals surface area contributed by atoms with Crippen molar-refractivity contribution in [1.29, 1.82) is 0 Å². The van der Waals surface area contributed by atoms with Crippen LogP contribution in [0.4, 0.5) is 4.39 Å². The molecule has 6 heteroatoms. The van der Waals surface area contributed by atoms with Gasteiger partial charge in [-0.1, -0.05) is 30.3 Å². The summed E-state index contributed by atoms with van der Waals surface area (Å²) in [5.74, 6) is 0.988. The normalized spacial score (nSPS) is 16.2. The molecule has 0 saturated carbocycles. The highest BCUT2D eigenvalue weighted by molar-refractivity contribution is 5.55. The van der Waals surface area contributed by atoms with E-state index in [0.717, 1.165) is 38.4 Å². The number of nitrogens with one attached hydrogen (secondary N) is 1. The van der Waals surface area contributed by atoms with E-state index in [-0.39, 0.29) is 11.9 Å². The molecule has 2 aromatic carbocycles. The van der Waals surface area contributed by atoms with Crippen LogP contribution in [0.1, 0.15) is 17.5 Å². The van der Waals surface area contributed by atoms with Crippen molar-refractivity contribution in [3.63, 3.8) is 0 Å². The summed E-state index contributed by atoms with van der Waals surface area (Å²) in [6.07, 6.45) is 1.68. The van der Waals surface area contributed by atoms with E-state index in [9.17, 15) is 4.39 Å². The Balaban J connectivity index is 1.43. The summed E-state index contributed by atoms with van der Waals surface area (Å²) in [5, 5.41) is 3.57. The first-order valence-electron chi connectivity index (χ1n) is 9.57. The first-order valence-corrected chi connectivity index (χ1v) is 9.57. The lowest BCUT2D eigenvalue weighted by Crippen LogP contribution is -2.41. The van der Waals surface area contributed by atoms with Crippen molar-refractivity contribution in [2.45, 2.75) is 12.6 Å². The number of morpholine rings is 1. The molecular formula is C22H24FN3O2. The van der Waals surface area contributed by atoms with Crippen LogP contribution in [-0.2, 0) is 11.3 Å². The third-order valence-corrected chi connectivity index (χ3v) is 4.93. The highest BCUT2D eigenvalue weighted by Gasteiger charge is 2.19. The second-order valence-corrected chi connectivity index (χ2v) is 6.88. The number of benzene rings is 2. The molecule has 28 heavy (non-hydrogen) atoms. The topological polar surface area (TPSA) is 50.5 Å². The maximum absolute atomic E-state index is 13.1. The van der Waals surface area contributed by atoms with E-state index < -0.39 is 0 Å². The van der Waals surface area contributed by atoms with Gasteiger partial charge in [0.2, 0.25) is 5.89 Å². The minimum Gasteiger partial charge on any atom is -0.439 e. The summed E-state index contributed by atoms with van der Waals surface area (Å²) in [7, 11) is 0. The highest BCUT2D eigenvalue weighted by Crippen LogP contribution is 2.21. The zero-order valence-corrected chi connectivity index (χ0v) is 15.7. The molecule has 1 aliphatic heterocycles. The first kappa shape index (κ1) is 18.8. The average Bonchev–Trinajstić information content (AvgIpc) is 3.22. The first-order chi connectivity index (χ1) is 13.8. The molecule has 1 atom stereocenters. The van der Waals surface area contributed by atoms with Crippen molar-refractivity contribution in [2.24, 2.45) is 0 Å². The smallest absolute Gasteiger partial charge is 0.208 e. The molecule has 0 aliphatic carbocycles. The molecule has 3 aromatic rings. The summed E-state index contributed by atoms with van der Waals surface area (Å²) in [6.45, 7) is 4.87. The Morgan fingerprint density at radius 3 is 2.54 bits per heavy atom. The summed E-state index contributed by atoms with van der Waals surface area (Å²) >= 11 is 0. The van der Waals surface area contributed by atoms with Crippen LogP contribution in [0.15, 0.2) is 65.2 Å². The predicted molar refractivity (Wildman–Crippen MR) is 105 cm³/mol. The van der Waals surface area contributed by atoms with Crippen LogP contribution in [0, 0.1) is 5.82 Å². The van der Waals surface area contributed by atoms with Crippen LogP contribution in [0.2, 0.25) is 0 Å². The minimum absolute atomic E-state index is 0.167. The summed E-state index contributed by atoms with van der Waals surface area (Å²) < 4.78 is 24.4. The van der Waals surface area contributed by atoms with Crippen molar-refractivity contribution in [1.82, 2.24) is 15.2 Å². The quantitative estimate of drug-likeness (QED) is 0.677. The Bertz CT molecular complexity index is 861. The molecule has 0 bridgehead atoms. The maximum atomic E-state index is 13.1. The summed E-state index contributed by atoms with van der Waals surface area (Å²) in [6, 6.07) is 16.8. The maximum Gasteiger partial charge on any atom is 0.208 e. The average molecular weight is 381 g/mol. The number of hydrogen-bond donors (Lipinski definition) is 1. The van der Waals surface area contributed by atoms with Crippen LogP contribution in [0.5, 0.6) is 0 Å². The number of ether oxygens (including phenoxy) is 1. The zero-order valence-electron chi connectivity index (χ0n) is 15.7. The van der Waals surface area contributed by atoms with Crippen molar-refractivity contribution >= 4 is 0 Å². The molecule has 1 saturated heterocycles. The second-order valence-electron chi connectivity index (χ2n) is 6.88. The number of rotatable bonds is 7. The molecule has 146 valence electrons. The SMILES string of the molecule is Fc1ccc(-c2cnc(CNC(CN3CCOCC3)c3ccccc3)o2)cc1. The van der Waals surface area contributed by atoms with Crippen molar-refractivity contribution in [2.75, 3.05) is 32.8 Å². The third kappa shape index (κ3) is 4.84. The molecule has 0 amide bonds. The van der Waals surface area contributed by atoms with Gasteiger partial charge in [-0.2, -0.15) is 0 Å². The lowest BCUT2D eigenvalue weighted by molar-refractivity contribution is 0.0332. The number of hydrogen-bond acceptors (Lipinski definition) is 5. The fourth-order valence-electron chi connectivity index (χ4n) is 3.37. The number of halogens is 1. The monoisotopic (exact) mass is 381 g/mol. The van der Waals surface area contributed by atoms with Crippen LogP contribution >= 0.6 is 0 Å². The van der Waals surface area contributed by atoms with Gasteiger partial charge < -0.3 is 14.5 Å². The molecular weight excluding hydrogens is 357 g/mol. The minimum atomic E-state index is -0.265. The number of aromatic nitrogens is 1. The van der Waals surface area contributed by atoms with Gasteiger partial charge in [-0.25, -0.2) is 9.37 Å². The van der Waals surface area contributed by atoms with Crippen molar-refractivity contribution in [3.8, 4) is 11.3 Å². The third-order valence-electron chi connectivity index (χ3n) is 4.93. The molecule has 1 aromatic heterocycles. The van der Waals surface area contributed by atoms with Crippen LogP contribution in [-0.4, -0.2) is 42.7 Å². The van der Waals surface area contributed by atoms with Crippen LogP contribution < -0.4 is 5.32 Å². The van der Waals surface area contributed by atoms with Gasteiger partial charge in [-0.05, 0) is 29.8 Å². The lowest BCUT2D eigenvalue weighted by atomic mass is 10.1. The molecule has 5 nitrogen and oxygen atoms in total. The van der Waals surface area contributed by atoms with E-state index in [2.05, 4.69) is 39.5 Å². The number of oxazole rings is 1. The summed E-state index contributed by atoms with van der Waals surface area (Å²) in [5.41, 5.74) is 2.05. The van der Waals surface area contributed by atoms with E-state index >= 15 is 0 Å². The van der Waals surface area contributed by atoms with Gasteiger partial charge in [-0.15, -0.1) is 0 Å². The molecule has 1 N–H and O–H groups in total. The van der Waals surface area contributed by atoms with Crippen LogP contribution in [0.3, 0.4) is 0 Å². The van der Waals surface area contributed by atoms with Gasteiger partial charge in [0.25, 0.3) is 0 Å². The Kier molecular flexibility index (Phi) is 6.11. The molecule has 0 spiro atoms. The molecule has 2 heterocycles. The molecule has 1 fully saturated rings. The van der Waals surface area contributed by atoms with Gasteiger partial charge >= 0.3 is 0 Å². The summed E-state index contributed by atoms with van der Waals surface area (Å²) in [4.78, 5) is 6.78. The second kappa shape index (κ2) is 9.10. The fraction of sp³-hybridized carbons (Fsp3) is 0.318. The van der Waals surface area contributed by atoms with E-state index in [0.29, 0.717) is 18.2 Å². The van der Waals surface area contributed by atoms with Crippen molar-refractivity contribution < 1.29 is 13.5 Å². The number of nitrogens with zero attached hydrogens (tertiary/aromatic N) is 2. The van der Waals surface area contributed by atoms with Gasteiger partial charge in [0.15, 0.2) is 5.76 Å². The van der Waals surface area contributed by atoms with E-state index in [1.54, 1.807) is 18.3 Å². The van der Waals surface area contributed by atoms with E-state index in [4.69, 9.17) is 9.15 Å². The zero-order chi connectivity index (χ0) is 19.2. The van der Waals surface area contributed by atoms with E-state index in [1.165, 1.54) is 17.7 Å². The van der Waals surface area contributed by atoms with Crippen LogP contribution in [0.25, 0.3) is 11.3 Å². The van der Waals surface area contributed by atoms with Gasteiger partial charge in [0.05, 0.1) is 26.0 Å². The molecule has 1 unspecified atom stereocenters. The Hall–Kier alpha value is -2.54. The Morgan fingerprint density at radius 1 is 1.04 bits per heavy atom. The standard InChI is InChI=1S/C22H24FN3O2/c23-19-8-6-18(7-9-19)21-14-25-22(28-21)15-24-20(17-4-2-1-3-5-17)16-26-10-12-27-13-11-26/h1-9,14,20,24H,10-13,15-16H2.